The van der Waals surface area contributed by atoms with Crippen LogP contribution in [-0.2, 0) is 0 Å². The van der Waals surface area contributed by atoms with Gasteiger partial charge < -0.3 is 5.73 Å². The van der Waals surface area contributed by atoms with E-state index in [1.807, 2.05) is 0 Å². The highest BCUT2D eigenvalue weighted by Crippen LogP contribution is 2.11. The summed E-state index contributed by atoms with van der Waals surface area (Å²) in [6, 6.07) is 3.26. The van der Waals surface area contributed by atoms with Crippen molar-refractivity contribution in [1.82, 2.24) is 15.0 Å². The van der Waals surface area contributed by atoms with E-state index in [4.69, 9.17) is 5.73 Å². The quantitative estimate of drug-likeness (QED) is 0.721. The molecule has 0 bridgehead atoms. The first-order valence-electron chi connectivity index (χ1n) is 4.30. The van der Waals surface area contributed by atoms with Gasteiger partial charge in [0.25, 0.3) is 0 Å². The maximum absolute atomic E-state index is 11.8. The number of hydrogen-bond acceptors (Lipinski definition) is 5. The zero-order valence-corrected chi connectivity index (χ0v) is 7.79. The number of nitrogen functional groups attached to an aromatic ring is 1. The number of carbonyl (C=O) groups excluding carboxylic acids is 1. The number of carbonyl (C=O) groups is 1. The minimum atomic E-state index is -0.270. The van der Waals surface area contributed by atoms with E-state index in [1.165, 1.54) is 24.8 Å². The van der Waals surface area contributed by atoms with E-state index in [-0.39, 0.29) is 17.3 Å². The summed E-state index contributed by atoms with van der Waals surface area (Å²) in [5.41, 5.74) is 6.19. The van der Waals surface area contributed by atoms with Crippen molar-refractivity contribution in [3.63, 3.8) is 0 Å². The maximum atomic E-state index is 11.8. The molecule has 0 saturated heterocycles. The highest BCUT2D eigenvalue weighted by atomic mass is 16.1. The SMILES string of the molecule is Nc1ncccc1C(=O)c1cnccn1. The molecule has 0 fully saturated rings. The van der Waals surface area contributed by atoms with E-state index < -0.39 is 0 Å². The lowest BCUT2D eigenvalue weighted by molar-refractivity contribution is 0.103. The summed E-state index contributed by atoms with van der Waals surface area (Å²) in [5.74, 6) is -0.0677. The van der Waals surface area contributed by atoms with Gasteiger partial charge in [-0.05, 0) is 12.1 Å². The third-order valence-corrected chi connectivity index (χ3v) is 1.88. The summed E-state index contributed by atoms with van der Waals surface area (Å²) in [6.45, 7) is 0. The highest BCUT2D eigenvalue weighted by Gasteiger charge is 2.13. The molecule has 2 N–H and O–H groups in total. The molecule has 74 valence electrons. The molecule has 2 aromatic rings. The second-order valence-corrected chi connectivity index (χ2v) is 2.86. The second-order valence-electron chi connectivity index (χ2n) is 2.86. The van der Waals surface area contributed by atoms with Crippen molar-refractivity contribution in [2.45, 2.75) is 0 Å². The fourth-order valence-corrected chi connectivity index (χ4v) is 1.16. The Morgan fingerprint density at radius 3 is 2.73 bits per heavy atom. The first kappa shape index (κ1) is 9.26. The average molecular weight is 200 g/mol. The molecule has 0 aliphatic rings. The van der Waals surface area contributed by atoms with Crippen molar-refractivity contribution in [2.24, 2.45) is 0 Å². The van der Waals surface area contributed by atoms with E-state index in [2.05, 4.69) is 15.0 Å². The zero-order chi connectivity index (χ0) is 10.7. The number of aromatic nitrogens is 3. The molecule has 0 aliphatic carbocycles. The lowest BCUT2D eigenvalue weighted by Crippen LogP contribution is -2.08. The van der Waals surface area contributed by atoms with Crippen LogP contribution < -0.4 is 5.73 Å². The summed E-state index contributed by atoms with van der Waals surface area (Å²) < 4.78 is 0. The van der Waals surface area contributed by atoms with Crippen LogP contribution in [0.5, 0.6) is 0 Å². The van der Waals surface area contributed by atoms with Crippen molar-refractivity contribution < 1.29 is 4.79 Å². The van der Waals surface area contributed by atoms with E-state index >= 15 is 0 Å². The minimum Gasteiger partial charge on any atom is -0.383 e. The van der Waals surface area contributed by atoms with Crippen LogP contribution in [-0.4, -0.2) is 20.7 Å². The van der Waals surface area contributed by atoms with Gasteiger partial charge in [0.1, 0.15) is 11.5 Å². The number of rotatable bonds is 2. The van der Waals surface area contributed by atoms with Gasteiger partial charge in [-0.1, -0.05) is 0 Å². The average Bonchev–Trinajstić information content (AvgIpc) is 2.30. The first-order valence-corrected chi connectivity index (χ1v) is 4.30. The van der Waals surface area contributed by atoms with Crippen LogP contribution in [0.4, 0.5) is 5.82 Å². The Morgan fingerprint density at radius 2 is 2.07 bits per heavy atom. The summed E-state index contributed by atoms with van der Waals surface area (Å²) in [7, 11) is 0. The van der Waals surface area contributed by atoms with Gasteiger partial charge in [0.05, 0.1) is 11.8 Å². The van der Waals surface area contributed by atoms with E-state index in [1.54, 1.807) is 12.1 Å². The van der Waals surface area contributed by atoms with Gasteiger partial charge >= 0.3 is 0 Å². The van der Waals surface area contributed by atoms with Crippen LogP contribution in [0.3, 0.4) is 0 Å². The molecule has 5 nitrogen and oxygen atoms in total. The van der Waals surface area contributed by atoms with E-state index in [9.17, 15) is 4.79 Å². The summed E-state index contributed by atoms with van der Waals surface area (Å²) in [4.78, 5) is 23.4. The van der Waals surface area contributed by atoms with Gasteiger partial charge in [0.15, 0.2) is 0 Å². The number of nitrogens with zero attached hydrogens (tertiary/aromatic N) is 3. The van der Waals surface area contributed by atoms with Crippen LogP contribution in [0.1, 0.15) is 16.1 Å². The Bertz CT molecular complexity index is 484. The van der Waals surface area contributed by atoms with Gasteiger partial charge in [-0.25, -0.2) is 9.97 Å². The standard InChI is InChI=1S/C10H8N4O/c11-10-7(2-1-3-14-10)9(15)8-6-12-4-5-13-8/h1-6H,(H2,11,14). The van der Waals surface area contributed by atoms with Crippen molar-refractivity contribution in [2.75, 3.05) is 5.73 Å². The normalized spacial score (nSPS) is 9.87. The number of hydrogen-bond donors (Lipinski definition) is 1. The van der Waals surface area contributed by atoms with E-state index in [0.29, 0.717) is 5.56 Å². The molecular weight excluding hydrogens is 192 g/mol. The Hall–Kier alpha value is -2.30. The summed E-state index contributed by atoms with van der Waals surface area (Å²) >= 11 is 0. The molecule has 2 rings (SSSR count). The predicted molar refractivity (Wildman–Crippen MR) is 54.1 cm³/mol. The van der Waals surface area contributed by atoms with Gasteiger partial charge in [0, 0.05) is 18.6 Å². The smallest absolute Gasteiger partial charge is 0.216 e. The largest absolute Gasteiger partial charge is 0.383 e. The molecule has 0 amide bonds. The summed E-state index contributed by atoms with van der Waals surface area (Å²) in [5, 5.41) is 0. The van der Waals surface area contributed by atoms with Crippen LogP contribution >= 0.6 is 0 Å². The number of pyridine rings is 1. The first-order chi connectivity index (χ1) is 7.29. The maximum Gasteiger partial charge on any atom is 0.216 e. The third-order valence-electron chi connectivity index (χ3n) is 1.88. The molecule has 0 aliphatic heterocycles. The van der Waals surface area contributed by atoms with Crippen LogP contribution in [0, 0.1) is 0 Å². The molecule has 0 unspecified atom stereocenters. The van der Waals surface area contributed by atoms with Crippen molar-refractivity contribution in [3.8, 4) is 0 Å². The van der Waals surface area contributed by atoms with Crippen LogP contribution in [0.15, 0.2) is 36.9 Å². The van der Waals surface area contributed by atoms with Gasteiger partial charge in [-0.15, -0.1) is 0 Å². The van der Waals surface area contributed by atoms with Crippen LogP contribution in [0.2, 0.25) is 0 Å². The number of anilines is 1. The fourth-order valence-electron chi connectivity index (χ4n) is 1.16. The topological polar surface area (TPSA) is 81.8 Å². The second kappa shape index (κ2) is 3.83. The monoisotopic (exact) mass is 200 g/mol. The fraction of sp³-hybridized carbons (Fsp3) is 0. The Morgan fingerprint density at radius 1 is 1.20 bits per heavy atom. The molecule has 0 saturated carbocycles. The molecule has 0 radical (unpaired) electrons. The Labute approximate surface area is 86.0 Å². The molecule has 2 heterocycles. The van der Waals surface area contributed by atoms with Gasteiger partial charge in [0.2, 0.25) is 5.78 Å². The molecule has 0 aromatic carbocycles. The molecule has 2 aromatic heterocycles. The molecule has 15 heavy (non-hydrogen) atoms. The lowest BCUT2D eigenvalue weighted by atomic mass is 10.1. The molecule has 5 heteroatoms. The summed E-state index contributed by atoms with van der Waals surface area (Å²) in [6.07, 6.45) is 5.89. The van der Waals surface area contributed by atoms with Crippen molar-refractivity contribution in [1.29, 1.82) is 0 Å². The Kier molecular flexibility index (Phi) is 2.37. The molecule has 0 spiro atoms. The third kappa shape index (κ3) is 1.80. The van der Waals surface area contributed by atoms with Crippen molar-refractivity contribution in [3.05, 3.63) is 48.2 Å². The van der Waals surface area contributed by atoms with Gasteiger partial charge in [-0.2, -0.15) is 0 Å². The number of ketones is 1. The Balaban J connectivity index is 2.42. The van der Waals surface area contributed by atoms with Crippen LogP contribution in [0.25, 0.3) is 0 Å². The highest BCUT2D eigenvalue weighted by molar-refractivity contribution is 6.10. The van der Waals surface area contributed by atoms with E-state index in [0.717, 1.165) is 0 Å². The van der Waals surface area contributed by atoms with Crippen molar-refractivity contribution >= 4 is 11.6 Å². The zero-order valence-electron chi connectivity index (χ0n) is 7.79. The number of nitrogens with two attached hydrogens (primary N) is 1. The lowest BCUT2D eigenvalue weighted by Gasteiger charge is -2.01. The predicted octanol–water partition coefficient (Wildman–Crippen LogP) is 0.685. The molecule has 0 atom stereocenters. The minimum absolute atomic E-state index is 0.202. The van der Waals surface area contributed by atoms with Gasteiger partial charge in [-0.3, -0.25) is 9.78 Å². The molecular formula is C10H8N4O.